The predicted molar refractivity (Wildman–Crippen MR) is 75.5 cm³/mol. The second-order valence-corrected chi connectivity index (χ2v) is 5.40. The Labute approximate surface area is 113 Å². The third-order valence-corrected chi connectivity index (χ3v) is 2.32. The lowest BCUT2D eigenvalue weighted by molar-refractivity contribution is 0.0635. The van der Waals surface area contributed by atoms with E-state index < -0.39 is 11.7 Å². The molecule has 0 bridgehead atoms. The van der Waals surface area contributed by atoms with E-state index in [0.717, 1.165) is 12.0 Å². The fraction of sp³-hybridized carbons (Fsp3) is 0.462. The van der Waals surface area contributed by atoms with E-state index in [4.69, 9.17) is 4.74 Å². The molecule has 0 aliphatic carbocycles. The minimum Gasteiger partial charge on any atom is -0.506 e. The van der Waals surface area contributed by atoms with E-state index in [-0.39, 0.29) is 5.75 Å². The Balaban J connectivity index is 2.71. The van der Waals surface area contributed by atoms with Crippen LogP contribution in [0.3, 0.4) is 0 Å². The monoisotopic (exact) mass is 269 g/mol. The van der Waals surface area contributed by atoms with Gasteiger partial charge in [-0.1, -0.05) is 6.07 Å². The van der Waals surface area contributed by atoms with Crippen molar-refractivity contribution in [1.82, 2.24) is 0 Å². The van der Waals surface area contributed by atoms with Gasteiger partial charge in [-0.2, -0.15) is 12.6 Å². The first-order chi connectivity index (χ1) is 8.31. The van der Waals surface area contributed by atoms with Gasteiger partial charge in [0.2, 0.25) is 0 Å². The zero-order chi connectivity index (χ0) is 13.8. The van der Waals surface area contributed by atoms with Crippen LogP contribution in [0.4, 0.5) is 10.5 Å². The van der Waals surface area contributed by atoms with Gasteiger partial charge in [-0.25, -0.2) is 4.79 Å². The van der Waals surface area contributed by atoms with E-state index in [2.05, 4.69) is 17.9 Å². The number of hydrogen-bond donors (Lipinski definition) is 3. The average molecular weight is 269 g/mol. The number of aromatic hydroxyl groups is 1. The summed E-state index contributed by atoms with van der Waals surface area (Å²) in [7, 11) is 0. The molecule has 0 aromatic heterocycles. The van der Waals surface area contributed by atoms with E-state index in [0.29, 0.717) is 11.4 Å². The van der Waals surface area contributed by atoms with Crippen molar-refractivity contribution in [3.8, 4) is 5.75 Å². The summed E-state index contributed by atoms with van der Waals surface area (Å²) in [5, 5.41) is 12.3. The SMILES string of the molecule is CC(C)(C)OC(=O)Nc1ccc(CCS)cc1O. The minimum atomic E-state index is -0.584. The van der Waals surface area contributed by atoms with Gasteiger partial charge in [-0.15, -0.1) is 0 Å². The van der Waals surface area contributed by atoms with Crippen LogP contribution >= 0.6 is 12.6 Å². The molecular weight excluding hydrogens is 250 g/mol. The lowest BCUT2D eigenvalue weighted by Crippen LogP contribution is -2.27. The van der Waals surface area contributed by atoms with E-state index in [1.807, 2.05) is 6.07 Å². The van der Waals surface area contributed by atoms with Crippen molar-refractivity contribution >= 4 is 24.4 Å². The zero-order valence-electron chi connectivity index (χ0n) is 10.9. The highest BCUT2D eigenvalue weighted by Crippen LogP contribution is 2.25. The summed E-state index contributed by atoms with van der Waals surface area (Å²) >= 11 is 4.12. The standard InChI is InChI=1S/C13H19NO3S/c1-13(2,3)17-12(16)14-10-5-4-9(6-7-18)8-11(10)15/h4-5,8,15,18H,6-7H2,1-3H3,(H,14,16). The molecule has 0 atom stereocenters. The average Bonchev–Trinajstić information content (AvgIpc) is 2.20. The van der Waals surface area contributed by atoms with Crippen LogP contribution in [0.5, 0.6) is 5.75 Å². The molecule has 0 saturated carbocycles. The molecule has 0 heterocycles. The van der Waals surface area contributed by atoms with E-state index in [1.165, 1.54) is 0 Å². The molecule has 4 nitrogen and oxygen atoms in total. The maximum Gasteiger partial charge on any atom is 0.412 e. The van der Waals surface area contributed by atoms with Crippen molar-refractivity contribution in [3.05, 3.63) is 23.8 Å². The Hall–Kier alpha value is -1.36. The maximum absolute atomic E-state index is 11.5. The van der Waals surface area contributed by atoms with Gasteiger partial charge in [0.15, 0.2) is 0 Å². The summed E-state index contributed by atoms with van der Waals surface area (Å²) in [5.74, 6) is 0.735. The Bertz CT molecular complexity index is 427. The first-order valence-electron chi connectivity index (χ1n) is 5.74. The maximum atomic E-state index is 11.5. The molecular formula is C13H19NO3S. The highest BCUT2D eigenvalue weighted by molar-refractivity contribution is 7.80. The van der Waals surface area contributed by atoms with Crippen molar-refractivity contribution in [1.29, 1.82) is 0 Å². The fourth-order valence-electron chi connectivity index (χ4n) is 1.38. The highest BCUT2D eigenvalue weighted by atomic mass is 32.1. The molecule has 1 aromatic rings. The lowest BCUT2D eigenvalue weighted by Gasteiger charge is -2.20. The molecule has 0 saturated heterocycles. The van der Waals surface area contributed by atoms with Crippen molar-refractivity contribution < 1.29 is 14.6 Å². The van der Waals surface area contributed by atoms with Gasteiger partial charge < -0.3 is 9.84 Å². The predicted octanol–water partition coefficient (Wildman–Crippen LogP) is 3.21. The number of phenolic OH excluding ortho intramolecular Hbond substituents is 1. The topological polar surface area (TPSA) is 58.6 Å². The zero-order valence-corrected chi connectivity index (χ0v) is 11.8. The second-order valence-electron chi connectivity index (χ2n) is 4.95. The summed E-state index contributed by atoms with van der Waals surface area (Å²) < 4.78 is 5.10. The number of phenols is 1. The van der Waals surface area contributed by atoms with Gasteiger partial charge in [0.1, 0.15) is 11.4 Å². The molecule has 2 N–H and O–H groups in total. The van der Waals surface area contributed by atoms with Gasteiger partial charge in [0, 0.05) is 0 Å². The second kappa shape index (κ2) is 6.00. The molecule has 0 radical (unpaired) electrons. The molecule has 0 aliphatic heterocycles. The van der Waals surface area contributed by atoms with Gasteiger partial charge in [0.25, 0.3) is 0 Å². The van der Waals surface area contributed by atoms with Crippen molar-refractivity contribution in [2.45, 2.75) is 32.8 Å². The molecule has 0 aliphatic rings. The van der Waals surface area contributed by atoms with Crippen molar-refractivity contribution in [3.63, 3.8) is 0 Å². The number of aryl methyl sites for hydroxylation is 1. The first-order valence-corrected chi connectivity index (χ1v) is 6.38. The summed E-state index contributed by atoms with van der Waals surface area (Å²) in [4.78, 5) is 11.5. The van der Waals surface area contributed by atoms with Gasteiger partial charge >= 0.3 is 6.09 Å². The van der Waals surface area contributed by atoms with Crippen LogP contribution in [0.1, 0.15) is 26.3 Å². The number of ether oxygens (including phenoxy) is 1. The summed E-state index contributed by atoms with van der Waals surface area (Å²) in [6, 6.07) is 5.10. The summed E-state index contributed by atoms with van der Waals surface area (Å²) in [6.45, 7) is 5.34. The number of rotatable bonds is 3. The van der Waals surface area contributed by atoms with E-state index in [1.54, 1.807) is 32.9 Å². The Morgan fingerprint density at radius 1 is 1.44 bits per heavy atom. The van der Waals surface area contributed by atoms with Gasteiger partial charge in [-0.05, 0) is 50.6 Å². The van der Waals surface area contributed by atoms with Crippen LogP contribution in [0.15, 0.2) is 18.2 Å². The molecule has 18 heavy (non-hydrogen) atoms. The quantitative estimate of drug-likeness (QED) is 0.583. The molecule has 0 unspecified atom stereocenters. The molecule has 1 rings (SSSR count). The first kappa shape index (κ1) is 14.7. The number of carbonyl (C=O) groups excluding carboxylic acids is 1. The number of nitrogens with one attached hydrogen (secondary N) is 1. The van der Waals surface area contributed by atoms with Crippen LogP contribution in [0.25, 0.3) is 0 Å². The number of thiol groups is 1. The smallest absolute Gasteiger partial charge is 0.412 e. The van der Waals surface area contributed by atoms with E-state index >= 15 is 0 Å². The molecule has 1 amide bonds. The molecule has 100 valence electrons. The molecule has 5 heteroatoms. The summed E-state index contributed by atoms with van der Waals surface area (Å²) in [6.07, 6.45) is 0.184. The van der Waals surface area contributed by atoms with Crippen LogP contribution in [-0.2, 0) is 11.2 Å². The fourth-order valence-corrected chi connectivity index (χ4v) is 1.64. The van der Waals surface area contributed by atoms with Crippen LogP contribution in [0, 0.1) is 0 Å². The highest BCUT2D eigenvalue weighted by Gasteiger charge is 2.17. The molecule has 1 aromatic carbocycles. The Morgan fingerprint density at radius 3 is 2.61 bits per heavy atom. The minimum absolute atomic E-state index is 0.0279. The third-order valence-electron chi connectivity index (χ3n) is 2.10. The van der Waals surface area contributed by atoms with Crippen LogP contribution in [0.2, 0.25) is 0 Å². The molecule has 0 fully saturated rings. The number of hydrogen-bond acceptors (Lipinski definition) is 4. The normalized spacial score (nSPS) is 11.1. The number of anilines is 1. The van der Waals surface area contributed by atoms with E-state index in [9.17, 15) is 9.90 Å². The third kappa shape index (κ3) is 4.87. The van der Waals surface area contributed by atoms with Crippen molar-refractivity contribution in [2.75, 3.05) is 11.1 Å². The number of amides is 1. The van der Waals surface area contributed by atoms with Crippen LogP contribution in [-0.4, -0.2) is 22.6 Å². The van der Waals surface area contributed by atoms with Crippen LogP contribution < -0.4 is 5.32 Å². The molecule has 0 spiro atoms. The van der Waals surface area contributed by atoms with Crippen molar-refractivity contribution in [2.24, 2.45) is 0 Å². The largest absolute Gasteiger partial charge is 0.506 e. The van der Waals surface area contributed by atoms with Gasteiger partial charge in [-0.3, -0.25) is 5.32 Å². The Kier molecular flexibility index (Phi) is 4.90. The number of carbonyl (C=O) groups is 1. The van der Waals surface area contributed by atoms with Gasteiger partial charge in [0.05, 0.1) is 5.69 Å². The lowest BCUT2D eigenvalue weighted by atomic mass is 10.1. The number of benzene rings is 1. The summed E-state index contributed by atoms with van der Waals surface area (Å²) in [5.41, 5.74) is 0.746. The Morgan fingerprint density at radius 2 is 2.11 bits per heavy atom.